The number of thioether (sulfide) groups is 1. The third kappa shape index (κ3) is 5.78. The van der Waals surface area contributed by atoms with Gasteiger partial charge in [0, 0.05) is 16.0 Å². The third-order valence-corrected chi connectivity index (χ3v) is 7.30. The van der Waals surface area contributed by atoms with Crippen LogP contribution in [0.5, 0.6) is 0 Å². The molecule has 0 fully saturated rings. The van der Waals surface area contributed by atoms with Gasteiger partial charge in [-0.1, -0.05) is 64.5 Å². The second-order valence-corrected chi connectivity index (χ2v) is 10.3. The van der Waals surface area contributed by atoms with Gasteiger partial charge >= 0.3 is 5.97 Å². The number of fused-ring (bicyclic) bond motifs is 1. The molecule has 0 aliphatic carbocycles. The van der Waals surface area contributed by atoms with Crippen LogP contribution in [0, 0.1) is 11.8 Å². The van der Waals surface area contributed by atoms with Crippen LogP contribution < -0.4 is 0 Å². The van der Waals surface area contributed by atoms with Crippen LogP contribution >= 0.6 is 11.8 Å². The van der Waals surface area contributed by atoms with Crippen LogP contribution in [0.25, 0.3) is 0 Å². The fraction of sp³-hybridized carbons (Fsp3) is 0.483. The molecule has 0 saturated heterocycles. The number of hydrogen-bond donors (Lipinski definition) is 0. The van der Waals surface area contributed by atoms with Crippen molar-refractivity contribution in [1.29, 1.82) is 0 Å². The van der Waals surface area contributed by atoms with E-state index in [9.17, 15) is 4.79 Å². The smallest absolute Gasteiger partial charge is 0.313 e. The van der Waals surface area contributed by atoms with E-state index in [4.69, 9.17) is 4.74 Å². The van der Waals surface area contributed by atoms with E-state index in [1.807, 2.05) is 43.0 Å². The van der Waals surface area contributed by atoms with Crippen molar-refractivity contribution in [3.05, 3.63) is 64.2 Å². The zero-order chi connectivity index (χ0) is 23.1. The van der Waals surface area contributed by atoms with E-state index in [-0.39, 0.29) is 17.3 Å². The molecule has 170 valence electrons. The van der Waals surface area contributed by atoms with Crippen LogP contribution in [0.4, 0.5) is 0 Å². The summed E-state index contributed by atoms with van der Waals surface area (Å²) in [4.78, 5) is 13.8. The number of carbonyl (C=O) groups is 1. The molecule has 3 rings (SSSR count). The average Bonchev–Trinajstić information content (AvgIpc) is 2.77. The summed E-state index contributed by atoms with van der Waals surface area (Å²) in [6.45, 7) is 11.3. The normalized spacial score (nSPS) is 15.3. The number of aryl methyl sites for hydroxylation is 1. The number of ether oxygens (including phenoxy) is 1. The van der Waals surface area contributed by atoms with Crippen molar-refractivity contribution >= 4 is 17.7 Å². The summed E-state index contributed by atoms with van der Waals surface area (Å²) in [7, 11) is 0. The van der Waals surface area contributed by atoms with E-state index in [2.05, 4.69) is 51.7 Å². The van der Waals surface area contributed by atoms with Gasteiger partial charge in [-0.3, -0.25) is 4.79 Å². The predicted octanol–water partition coefficient (Wildman–Crippen LogP) is 7.26. The van der Waals surface area contributed by atoms with Crippen LogP contribution in [0.3, 0.4) is 0 Å². The van der Waals surface area contributed by atoms with E-state index < -0.39 is 0 Å². The van der Waals surface area contributed by atoms with Crippen LogP contribution in [0.2, 0.25) is 0 Å². The van der Waals surface area contributed by atoms with Gasteiger partial charge in [0.2, 0.25) is 0 Å². The molecule has 1 aliphatic heterocycles. The molecule has 0 aromatic heterocycles. The molecule has 2 nitrogen and oxygen atoms in total. The predicted molar refractivity (Wildman–Crippen MR) is 136 cm³/mol. The topological polar surface area (TPSA) is 26.3 Å². The minimum absolute atomic E-state index is 0.132. The lowest BCUT2D eigenvalue weighted by Gasteiger charge is -2.32. The van der Waals surface area contributed by atoms with Gasteiger partial charge < -0.3 is 4.74 Å². The van der Waals surface area contributed by atoms with Gasteiger partial charge in [0.15, 0.2) is 0 Å². The lowest BCUT2D eigenvalue weighted by Crippen LogP contribution is -2.23. The largest absolute Gasteiger partial charge is 0.466 e. The zero-order valence-corrected chi connectivity index (χ0v) is 21.0. The van der Waals surface area contributed by atoms with Crippen molar-refractivity contribution in [3.8, 4) is 11.8 Å². The lowest BCUT2D eigenvalue weighted by atomic mass is 9.80. The maximum atomic E-state index is 12.3. The Hall–Kier alpha value is -2.18. The first-order valence-corrected chi connectivity index (χ1v) is 13.0. The molecule has 0 spiro atoms. The van der Waals surface area contributed by atoms with E-state index in [0.717, 1.165) is 42.4 Å². The first-order valence-electron chi connectivity index (χ1n) is 12.0. The molecule has 0 saturated carbocycles. The summed E-state index contributed by atoms with van der Waals surface area (Å²) < 4.78 is 5.28. The standard InChI is InChI=1S/C29H36O2S/c1-6-9-23-20-27-26(29(4,5)17-18-32-27)19-24(23)16-13-21-11-14-22(15-12-21)25(10-7-2)28(30)31-8-3/h11-12,14-15,19-20,25H,6-10,17-18H2,1-5H3. The van der Waals surface area contributed by atoms with Crippen LogP contribution in [0.1, 0.15) is 94.0 Å². The quantitative estimate of drug-likeness (QED) is 0.329. The van der Waals surface area contributed by atoms with E-state index >= 15 is 0 Å². The minimum Gasteiger partial charge on any atom is -0.466 e. The summed E-state index contributed by atoms with van der Waals surface area (Å²) in [6, 6.07) is 12.8. The Labute approximate surface area is 198 Å². The maximum Gasteiger partial charge on any atom is 0.313 e. The second-order valence-electron chi connectivity index (χ2n) is 9.20. The summed E-state index contributed by atoms with van der Waals surface area (Å²) >= 11 is 1.98. The Morgan fingerprint density at radius 2 is 1.84 bits per heavy atom. The molecule has 1 atom stereocenters. The van der Waals surface area contributed by atoms with Gasteiger partial charge in [-0.15, -0.1) is 11.8 Å². The maximum absolute atomic E-state index is 12.3. The van der Waals surface area contributed by atoms with Gasteiger partial charge in [0.25, 0.3) is 0 Å². The summed E-state index contributed by atoms with van der Waals surface area (Å²) in [5.41, 5.74) is 6.12. The van der Waals surface area contributed by atoms with E-state index in [1.165, 1.54) is 28.2 Å². The van der Waals surface area contributed by atoms with Gasteiger partial charge in [-0.2, -0.15) is 0 Å². The Kier molecular flexibility index (Phi) is 8.49. The molecular formula is C29H36O2S. The molecule has 1 heterocycles. The number of carbonyl (C=O) groups excluding carboxylic acids is 1. The van der Waals surface area contributed by atoms with Crippen molar-refractivity contribution in [3.63, 3.8) is 0 Å². The molecular weight excluding hydrogens is 412 g/mol. The number of esters is 1. The highest BCUT2D eigenvalue weighted by atomic mass is 32.2. The molecule has 3 heteroatoms. The monoisotopic (exact) mass is 448 g/mol. The fourth-order valence-corrected chi connectivity index (χ4v) is 5.85. The molecule has 0 radical (unpaired) electrons. The molecule has 32 heavy (non-hydrogen) atoms. The van der Waals surface area contributed by atoms with Crippen LogP contribution in [-0.4, -0.2) is 18.3 Å². The van der Waals surface area contributed by atoms with Crippen molar-refractivity contribution in [2.24, 2.45) is 0 Å². The fourth-order valence-electron chi connectivity index (χ4n) is 4.30. The van der Waals surface area contributed by atoms with E-state index in [1.54, 1.807) is 0 Å². The lowest BCUT2D eigenvalue weighted by molar-refractivity contribution is -0.145. The molecule has 1 unspecified atom stereocenters. The molecule has 0 amide bonds. The second kappa shape index (κ2) is 11.1. The Balaban J connectivity index is 1.89. The summed E-state index contributed by atoms with van der Waals surface area (Å²) in [6.07, 6.45) is 5.11. The van der Waals surface area contributed by atoms with Crippen molar-refractivity contribution in [1.82, 2.24) is 0 Å². The van der Waals surface area contributed by atoms with Crippen molar-refractivity contribution in [2.45, 2.75) is 83.0 Å². The highest BCUT2D eigenvalue weighted by Crippen LogP contribution is 2.42. The van der Waals surface area contributed by atoms with Crippen molar-refractivity contribution < 1.29 is 9.53 Å². The average molecular weight is 449 g/mol. The minimum atomic E-state index is -0.196. The molecule has 2 aromatic rings. The molecule has 2 aromatic carbocycles. The van der Waals surface area contributed by atoms with E-state index in [0.29, 0.717) is 6.61 Å². The highest BCUT2D eigenvalue weighted by Gasteiger charge is 2.28. The van der Waals surface area contributed by atoms with Crippen LogP contribution in [-0.2, 0) is 21.4 Å². The Bertz CT molecular complexity index is 992. The molecule has 0 N–H and O–H groups in total. The van der Waals surface area contributed by atoms with Crippen molar-refractivity contribution in [2.75, 3.05) is 12.4 Å². The number of rotatable bonds is 7. The third-order valence-electron chi connectivity index (χ3n) is 6.24. The Morgan fingerprint density at radius 3 is 2.50 bits per heavy atom. The molecule has 1 aliphatic rings. The van der Waals surface area contributed by atoms with Gasteiger partial charge in [0.05, 0.1) is 12.5 Å². The summed E-state index contributed by atoms with van der Waals surface area (Å²) in [5.74, 6) is 7.70. The zero-order valence-electron chi connectivity index (χ0n) is 20.2. The first-order chi connectivity index (χ1) is 15.4. The first kappa shape index (κ1) is 24.5. The van der Waals surface area contributed by atoms with Gasteiger partial charge in [0.1, 0.15) is 0 Å². The Morgan fingerprint density at radius 1 is 1.09 bits per heavy atom. The molecule has 0 bridgehead atoms. The summed E-state index contributed by atoms with van der Waals surface area (Å²) in [5, 5.41) is 0. The highest BCUT2D eigenvalue weighted by molar-refractivity contribution is 7.99. The van der Waals surface area contributed by atoms with Gasteiger partial charge in [-0.25, -0.2) is 0 Å². The number of benzene rings is 2. The SMILES string of the molecule is CCCc1cc2c(cc1C#Cc1ccc(C(CCC)C(=O)OCC)cc1)C(C)(C)CCS2. The van der Waals surface area contributed by atoms with Crippen LogP contribution in [0.15, 0.2) is 41.3 Å². The van der Waals surface area contributed by atoms with Gasteiger partial charge in [-0.05, 0) is 78.3 Å². The number of hydrogen-bond acceptors (Lipinski definition) is 3.